The van der Waals surface area contributed by atoms with E-state index in [1.165, 1.54) is 37.3 Å². The van der Waals surface area contributed by atoms with Gasteiger partial charge in [0.2, 0.25) is 0 Å². The largest absolute Gasteiger partial charge is 0.427 e. The Kier molecular flexibility index (Phi) is 5.21. The van der Waals surface area contributed by atoms with Crippen molar-refractivity contribution in [2.75, 3.05) is 0 Å². The molecule has 0 saturated heterocycles. The first-order valence-electron chi connectivity index (χ1n) is 8.10. The summed E-state index contributed by atoms with van der Waals surface area (Å²) in [5, 5.41) is 0.177. The molecule has 8 nitrogen and oxygen atoms in total. The topological polar surface area (TPSA) is 109 Å². The molecule has 3 rings (SSSR count). The van der Waals surface area contributed by atoms with Crippen LogP contribution in [-0.2, 0) is 9.59 Å². The van der Waals surface area contributed by atoms with Gasteiger partial charge >= 0.3 is 23.5 Å². The van der Waals surface area contributed by atoms with Crippen molar-refractivity contribution in [1.29, 1.82) is 0 Å². The molecule has 8 heteroatoms. The minimum Gasteiger partial charge on any atom is -0.427 e. The molecular weight excluding hydrogens is 368 g/mol. The number of hydrogen-bond donors (Lipinski definition) is 0. The number of hydrogen-bond acceptors (Lipinski definition) is 8. The molecule has 0 fully saturated rings. The second kappa shape index (κ2) is 7.75. The lowest BCUT2D eigenvalue weighted by Gasteiger charge is -2.11. The molecule has 142 valence electrons. The first-order chi connectivity index (χ1) is 13.3. The van der Waals surface area contributed by atoms with Gasteiger partial charge in [-0.15, -0.1) is 0 Å². The third kappa shape index (κ3) is 4.07. The summed E-state index contributed by atoms with van der Waals surface area (Å²) in [6.07, 6.45) is 0. The molecule has 0 spiro atoms. The lowest BCUT2D eigenvalue weighted by Crippen LogP contribution is -2.16. The highest BCUT2D eigenvalue weighted by Gasteiger charge is 2.23. The van der Waals surface area contributed by atoms with Crippen LogP contribution in [0.3, 0.4) is 0 Å². The highest BCUT2D eigenvalue weighted by molar-refractivity contribution is 5.96. The van der Waals surface area contributed by atoms with Crippen LogP contribution < -0.4 is 19.8 Å². The molecule has 28 heavy (non-hydrogen) atoms. The van der Waals surface area contributed by atoms with Gasteiger partial charge in [0.1, 0.15) is 11.3 Å². The Balaban J connectivity index is 2.15. The van der Waals surface area contributed by atoms with E-state index in [4.69, 9.17) is 18.6 Å². The van der Waals surface area contributed by atoms with Crippen molar-refractivity contribution in [1.82, 2.24) is 0 Å². The van der Waals surface area contributed by atoms with Gasteiger partial charge in [0.15, 0.2) is 5.75 Å². The highest BCUT2D eigenvalue weighted by atomic mass is 16.6. The van der Waals surface area contributed by atoms with E-state index < -0.39 is 29.3 Å². The number of rotatable bonds is 4. The van der Waals surface area contributed by atoms with E-state index in [1.807, 2.05) is 0 Å². The first kappa shape index (κ1) is 18.8. The van der Waals surface area contributed by atoms with E-state index in [2.05, 4.69) is 0 Å². The third-order valence-corrected chi connectivity index (χ3v) is 3.50. The smallest absolute Gasteiger partial charge is 0.383 e. The second-order valence-corrected chi connectivity index (χ2v) is 5.65. The average Bonchev–Trinajstić information content (AvgIpc) is 2.64. The molecule has 0 radical (unpaired) electrons. The van der Waals surface area contributed by atoms with Gasteiger partial charge in [-0.1, -0.05) is 18.2 Å². The Hall–Kier alpha value is -3.94. The van der Waals surface area contributed by atoms with E-state index in [1.54, 1.807) is 18.2 Å². The second-order valence-electron chi connectivity index (χ2n) is 5.65. The predicted octanol–water partition coefficient (Wildman–Crippen LogP) is 2.86. The van der Waals surface area contributed by atoms with Crippen molar-refractivity contribution in [3.05, 3.63) is 64.5 Å². The van der Waals surface area contributed by atoms with Gasteiger partial charge < -0.3 is 18.6 Å². The van der Waals surface area contributed by atoms with Crippen molar-refractivity contribution >= 4 is 28.9 Å². The fraction of sp³-hybridized carbons (Fsp3) is 0.100. The number of fused-ring (bicyclic) bond motifs is 1. The number of carbonyl (C=O) groups excluding carboxylic acids is 3. The quantitative estimate of drug-likeness (QED) is 0.385. The summed E-state index contributed by atoms with van der Waals surface area (Å²) in [4.78, 5) is 47.3. The minimum atomic E-state index is -1.03. The number of ether oxygens (including phenoxy) is 3. The Bertz CT molecular complexity index is 1130. The Labute approximate surface area is 158 Å². The number of esters is 3. The van der Waals surface area contributed by atoms with Gasteiger partial charge in [-0.3, -0.25) is 9.59 Å². The molecule has 0 N–H and O–H groups in total. The van der Waals surface area contributed by atoms with E-state index in [-0.39, 0.29) is 28.0 Å². The van der Waals surface area contributed by atoms with Crippen molar-refractivity contribution in [3.8, 4) is 17.2 Å². The van der Waals surface area contributed by atoms with Crippen LogP contribution in [0.5, 0.6) is 17.2 Å². The number of carbonyl (C=O) groups is 3. The zero-order valence-corrected chi connectivity index (χ0v) is 14.9. The van der Waals surface area contributed by atoms with Crippen LogP contribution in [0, 0.1) is 0 Å². The van der Waals surface area contributed by atoms with Gasteiger partial charge in [-0.2, -0.15) is 0 Å². The molecule has 0 amide bonds. The lowest BCUT2D eigenvalue weighted by atomic mass is 10.2. The maximum Gasteiger partial charge on any atom is 0.383 e. The van der Waals surface area contributed by atoms with Gasteiger partial charge in [0.25, 0.3) is 5.75 Å². The molecular formula is C20H14O8. The molecule has 0 unspecified atom stereocenters. The SMILES string of the molecule is CC(=O)Oc1ccc2c(OC(=O)c3ccccc3)c(OC(C)=O)c(=O)oc2c1. The molecule has 1 aromatic heterocycles. The lowest BCUT2D eigenvalue weighted by molar-refractivity contribution is -0.133. The summed E-state index contributed by atoms with van der Waals surface area (Å²) in [7, 11) is 0. The van der Waals surface area contributed by atoms with Crippen LogP contribution in [-0.4, -0.2) is 17.9 Å². The fourth-order valence-electron chi connectivity index (χ4n) is 2.42. The summed E-state index contributed by atoms with van der Waals surface area (Å²) < 4.78 is 20.4. The van der Waals surface area contributed by atoms with Gasteiger partial charge in [-0.25, -0.2) is 9.59 Å². The third-order valence-electron chi connectivity index (χ3n) is 3.50. The van der Waals surface area contributed by atoms with Crippen LogP contribution >= 0.6 is 0 Å². The normalized spacial score (nSPS) is 10.4. The molecule has 2 aromatic carbocycles. The maximum atomic E-state index is 12.5. The van der Waals surface area contributed by atoms with E-state index in [0.717, 1.165) is 6.92 Å². The fourth-order valence-corrected chi connectivity index (χ4v) is 2.42. The summed E-state index contributed by atoms with van der Waals surface area (Å²) in [5.41, 5.74) is -0.816. The molecule has 0 aliphatic rings. The van der Waals surface area contributed by atoms with Crippen LogP contribution in [0.25, 0.3) is 11.0 Å². The molecule has 1 heterocycles. The molecule has 0 saturated carbocycles. The molecule has 0 aliphatic heterocycles. The first-order valence-corrected chi connectivity index (χ1v) is 8.10. The predicted molar refractivity (Wildman–Crippen MR) is 96.5 cm³/mol. The summed E-state index contributed by atoms with van der Waals surface area (Å²) in [6, 6.07) is 12.2. The van der Waals surface area contributed by atoms with Crippen LogP contribution in [0.2, 0.25) is 0 Å². The highest BCUT2D eigenvalue weighted by Crippen LogP contribution is 2.35. The van der Waals surface area contributed by atoms with E-state index in [9.17, 15) is 19.2 Å². The Morgan fingerprint density at radius 1 is 0.821 bits per heavy atom. The molecule has 0 atom stereocenters. The Morgan fingerprint density at radius 2 is 1.50 bits per heavy atom. The van der Waals surface area contributed by atoms with Crippen LogP contribution in [0.1, 0.15) is 24.2 Å². The standard InChI is InChI=1S/C20H14O8/c1-11(21)25-14-8-9-15-16(10-14)27-20(24)18(26-12(2)22)17(15)28-19(23)13-6-4-3-5-7-13/h3-10H,1-2H3. The van der Waals surface area contributed by atoms with Crippen LogP contribution in [0.15, 0.2) is 57.7 Å². The van der Waals surface area contributed by atoms with Crippen molar-refractivity contribution < 1.29 is 33.0 Å². The van der Waals surface area contributed by atoms with E-state index >= 15 is 0 Å². The van der Waals surface area contributed by atoms with Crippen molar-refractivity contribution in [2.24, 2.45) is 0 Å². The van der Waals surface area contributed by atoms with Crippen molar-refractivity contribution in [3.63, 3.8) is 0 Å². The van der Waals surface area contributed by atoms with E-state index in [0.29, 0.717) is 0 Å². The summed E-state index contributed by atoms with van der Waals surface area (Å²) >= 11 is 0. The Morgan fingerprint density at radius 3 is 2.14 bits per heavy atom. The zero-order chi connectivity index (χ0) is 20.3. The summed E-state index contributed by atoms with van der Waals surface area (Å²) in [6.45, 7) is 2.31. The van der Waals surface area contributed by atoms with Crippen LogP contribution in [0.4, 0.5) is 0 Å². The van der Waals surface area contributed by atoms with Crippen molar-refractivity contribution in [2.45, 2.75) is 13.8 Å². The van der Waals surface area contributed by atoms with Gasteiger partial charge in [0, 0.05) is 19.9 Å². The average molecular weight is 382 g/mol. The molecule has 0 aliphatic carbocycles. The summed E-state index contributed by atoms with van der Waals surface area (Å²) in [5.74, 6) is -2.81. The van der Waals surface area contributed by atoms with Gasteiger partial charge in [0.05, 0.1) is 10.9 Å². The maximum absolute atomic E-state index is 12.5. The number of benzene rings is 2. The zero-order valence-electron chi connectivity index (χ0n) is 14.9. The minimum absolute atomic E-state index is 0.0180. The van der Waals surface area contributed by atoms with Gasteiger partial charge in [-0.05, 0) is 24.3 Å². The molecule has 3 aromatic rings. The monoisotopic (exact) mass is 382 g/mol. The molecule has 0 bridgehead atoms.